The third kappa shape index (κ3) is 6.32. The molecule has 0 spiro atoms. The minimum Gasteiger partial charge on any atom is -0.494 e. The first-order valence-corrected chi connectivity index (χ1v) is 7.32. The van der Waals surface area contributed by atoms with E-state index in [0.717, 1.165) is 44.0 Å². The number of nitrogens with zero attached hydrogens (tertiary/aromatic N) is 1. The Morgan fingerprint density at radius 3 is 2.45 bits per heavy atom. The summed E-state index contributed by atoms with van der Waals surface area (Å²) in [6.45, 7) is 6.66. The van der Waals surface area contributed by atoms with Crippen LogP contribution in [0.15, 0.2) is 24.3 Å². The quantitative estimate of drug-likeness (QED) is 0.529. The Morgan fingerprint density at radius 2 is 1.90 bits per heavy atom. The zero-order valence-electron chi connectivity index (χ0n) is 12.3. The summed E-state index contributed by atoms with van der Waals surface area (Å²) in [5.41, 5.74) is 6.41. The molecule has 0 fully saturated rings. The molecule has 0 aliphatic heterocycles. The summed E-state index contributed by atoms with van der Waals surface area (Å²) in [5, 5.41) is 0. The molecule has 0 heterocycles. The molecule has 1 aromatic rings. The van der Waals surface area contributed by atoms with Gasteiger partial charge < -0.3 is 20.1 Å². The first kappa shape index (κ1) is 16.9. The van der Waals surface area contributed by atoms with Gasteiger partial charge in [0.2, 0.25) is 0 Å². The molecule has 20 heavy (non-hydrogen) atoms. The zero-order chi connectivity index (χ0) is 14.8. The third-order valence-electron chi connectivity index (χ3n) is 3.09. The van der Waals surface area contributed by atoms with Crippen LogP contribution in [-0.4, -0.2) is 49.8 Å². The van der Waals surface area contributed by atoms with Gasteiger partial charge in [-0.25, -0.2) is 0 Å². The first-order chi connectivity index (χ1) is 9.67. The van der Waals surface area contributed by atoms with Crippen LogP contribution in [0.4, 0.5) is 0 Å². The molecule has 5 heteroatoms. The fourth-order valence-electron chi connectivity index (χ4n) is 1.84. The molecule has 0 unspecified atom stereocenters. The lowest BCUT2D eigenvalue weighted by atomic mass is 10.2. The fourth-order valence-corrected chi connectivity index (χ4v) is 1.98. The van der Waals surface area contributed by atoms with Gasteiger partial charge >= 0.3 is 0 Å². The highest BCUT2D eigenvalue weighted by Crippen LogP contribution is 2.12. The summed E-state index contributed by atoms with van der Waals surface area (Å²) in [7, 11) is 1.73. The monoisotopic (exact) mass is 296 g/mol. The van der Waals surface area contributed by atoms with Gasteiger partial charge in [-0.2, -0.15) is 0 Å². The van der Waals surface area contributed by atoms with Gasteiger partial charge in [0.1, 0.15) is 10.7 Å². The van der Waals surface area contributed by atoms with Gasteiger partial charge in [-0.15, -0.1) is 0 Å². The van der Waals surface area contributed by atoms with Gasteiger partial charge in [0.05, 0.1) is 13.2 Å². The van der Waals surface area contributed by atoms with E-state index in [4.69, 9.17) is 27.4 Å². The van der Waals surface area contributed by atoms with Gasteiger partial charge in [0, 0.05) is 25.8 Å². The standard InChI is InChI=1S/C15H24N2O2S/c1-3-17(10-12-18-2)9-4-11-19-14-7-5-13(6-8-14)15(16)20/h5-8H,3-4,9-12H2,1-2H3,(H2,16,20). The van der Waals surface area contributed by atoms with Crippen molar-refractivity contribution in [1.29, 1.82) is 0 Å². The van der Waals surface area contributed by atoms with E-state index < -0.39 is 0 Å². The molecule has 0 saturated heterocycles. The Bertz CT molecular complexity index is 395. The molecule has 0 bridgehead atoms. The molecule has 0 saturated carbocycles. The second kappa shape index (κ2) is 9.69. The van der Waals surface area contributed by atoms with Gasteiger partial charge in [0.25, 0.3) is 0 Å². The molecule has 0 aliphatic carbocycles. The van der Waals surface area contributed by atoms with E-state index in [9.17, 15) is 0 Å². The predicted molar refractivity (Wildman–Crippen MR) is 86.4 cm³/mol. The fraction of sp³-hybridized carbons (Fsp3) is 0.533. The summed E-state index contributed by atoms with van der Waals surface area (Å²) in [6.07, 6.45) is 0.995. The maximum atomic E-state index is 5.70. The van der Waals surface area contributed by atoms with E-state index in [1.807, 2.05) is 24.3 Å². The number of benzene rings is 1. The highest BCUT2D eigenvalue weighted by atomic mass is 32.1. The molecular formula is C15H24N2O2S. The number of methoxy groups -OCH3 is 1. The zero-order valence-corrected chi connectivity index (χ0v) is 13.1. The van der Waals surface area contributed by atoms with Crippen molar-refractivity contribution in [2.24, 2.45) is 5.73 Å². The number of nitrogens with two attached hydrogens (primary N) is 1. The largest absolute Gasteiger partial charge is 0.494 e. The minimum absolute atomic E-state index is 0.410. The number of likely N-dealkylation sites (N-methyl/N-ethyl adjacent to an activating group) is 1. The van der Waals surface area contributed by atoms with Crippen molar-refractivity contribution >= 4 is 17.2 Å². The van der Waals surface area contributed by atoms with Crippen LogP contribution in [0, 0.1) is 0 Å². The van der Waals surface area contributed by atoms with E-state index in [1.165, 1.54) is 0 Å². The lowest BCUT2D eigenvalue weighted by Gasteiger charge is -2.19. The van der Waals surface area contributed by atoms with Crippen LogP contribution in [0.25, 0.3) is 0 Å². The SMILES string of the molecule is CCN(CCCOc1ccc(C(N)=S)cc1)CCOC. The summed E-state index contributed by atoms with van der Waals surface area (Å²) in [4.78, 5) is 2.76. The smallest absolute Gasteiger partial charge is 0.119 e. The number of hydrogen-bond donors (Lipinski definition) is 1. The Balaban J connectivity index is 2.24. The molecule has 112 valence electrons. The van der Waals surface area contributed by atoms with Crippen molar-refractivity contribution < 1.29 is 9.47 Å². The molecule has 1 rings (SSSR count). The van der Waals surface area contributed by atoms with Crippen molar-refractivity contribution in [3.8, 4) is 5.75 Å². The van der Waals surface area contributed by atoms with Gasteiger partial charge in [-0.1, -0.05) is 19.1 Å². The van der Waals surface area contributed by atoms with E-state index in [2.05, 4.69) is 11.8 Å². The van der Waals surface area contributed by atoms with Crippen molar-refractivity contribution in [3.05, 3.63) is 29.8 Å². The van der Waals surface area contributed by atoms with E-state index in [0.29, 0.717) is 11.6 Å². The van der Waals surface area contributed by atoms with Crippen LogP contribution in [-0.2, 0) is 4.74 Å². The van der Waals surface area contributed by atoms with Crippen molar-refractivity contribution in [3.63, 3.8) is 0 Å². The topological polar surface area (TPSA) is 47.7 Å². The second-order valence-corrected chi connectivity index (χ2v) is 4.96. The van der Waals surface area contributed by atoms with E-state index in [1.54, 1.807) is 7.11 Å². The summed E-state index contributed by atoms with van der Waals surface area (Å²) >= 11 is 4.91. The molecule has 4 nitrogen and oxygen atoms in total. The molecule has 1 aromatic carbocycles. The highest BCUT2D eigenvalue weighted by molar-refractivity contribution is 7.80. The number of thiocarbonyl (C=S) groups is 1. The van der Waals surface area contributed by atoms with Crippen LogP contribution in [0.3, 0.4) is 0 Å². The molecule has 0 radical (unpaired) electrons. The average molecular weight is 296 g/mol. The summed E-state index contributed by atoms with van der Waals surface area (Å²) in [5.74, 6) is 0.852. The van der Waals surface area contributed by atoms with Crippen LogP contribution >= 0.6 is 12.2 Å². The molecular weight excluding hydrogens is 272 g/mol. The number of hydrogen-bond acceptors (Lipinski definition) is 4. The summed E-state index contributed by atoms with van der Waals surface area (Å²) in [6, 6.07) is 7.57. The summed E-state index contributed by atoms with van der Waals surface area (Å²) < 4.78 is 10.8. The molecule has 0 atom stereocenters. The van der Waals surface area contributed by atoms with E-state index >= 15 is 0 Å². The number of ether oxygens (including phenoxy) is 2. The van der Waals surface area contributed by atoms with Crippen LogP contribution in [0.1, 0.15) is 18.9 Å². The number of rotatable bonds is 10. The molecule has 0 aromatic heterocycles. The van der Waals surface area contributed by atoms with Gasteiger partial charge in [-0.3, -0.25) is 0 Å². The Morgan fingerprint density at radius 1 is 1.20 bits per heavy atom. The van der Waals surface area contributed by atoms with Crippen molar-refractivity contribution in [2.75, 3.05) is 40.0 Å². The lowest BCUT2D eigenvalue weighted by Crippen LogP contribution is -2.29. The second-order valence-electron chi connectivity index (χ2n) is 4.52. The molecule has 2 N–H and O–H groups in total. The first-order valence-electron chi connectivity index (χ1n) is 6.91. The van der Waals surface area contributed by atoms with Crippen LogP contribution in [0.2, 0.25) is 0 Å². The van der Waals surface area contributed by atoms with Gasteiger partial charge in [0.15, 0.2) is 0 Å². The minimum atomic E-state index is 0.410. The third-order valence-corrected chi connectivity index (χ3v) is 3.32. The Labute approximate surface area is 126 Å². The average Bonchev–Trinajstić information content (AvgIpc) is 2.47. The Kier molecular flexibility index (Phi) is 8.18. The lowest BCUT2D eigenvalue weighted by molar-refractivity contribution is 0.146. The highest BCUT2D eigenvalue weighted by Gasteiger charge is 2.02. The Hall–Kier alpha value is -1.17. The van der Waals surface area contributed by atoms with Gasteiger partial charge in [-0.05, 0) is 37.2 Å². The van der Waals surface area contributed by atoms with E-state index in [-0.39, 0.29) is 0 Å². The predicted octanol–water partition coefficient (Wildman–Crippen LogP) is 2.06. The van der Waals surface area contributed by atoms with Crippen molar-refractivity contribution in [1.82, 2.24) is 4.90 Å². The maximum Gasteiger partial charge on any atom is 0.119 e. The molecule has 0 aliphatic rings. The maximum absolute atomic E-state index is 5.70. The normalized spacial score (nSPS) is 10.8. The van der Waals surface area contributed by atoms with Crippen molar-refractivity contribution in [2.45, 2.75) is 13.3 Å². The van der Waals surface area contributed by atoms with Crippen LogP contribution < -0.4 is 10.5 Å². The molecule has 0 amide bonds. The van der Waals surface area contributed by atoms with Crippen LogP contribution in [0.5, 0.6) is 5.75 Å².